The molecule has 0 atom stereocenters. The van der Waals surface area contributed by atoms with Crippen LogP contribution in [0, 0.1) is 0 Å². The molecule has 11 heavy (non-hydrogen) atoms. The van der Waals surface area contributed by atoms with E-state index in [4.69, 9.17) is 0 Å². The highest BCUT2D eigenvalue weighted by atomic mass is 16.2. The van der Waals surface area contributed by atoms with Crippen molar-refractivity contribution in [3.8, 4) is 0 Å². The molecule has 5 heteroatoms. The van der Waals surface area contributed by atoms with Gasteiger partial charge in [-0.25, -0.2) is 5.01 Å². The van der Waals surface area contributed by atoms with Crippen molar-refractivity contribution in [3.63, 3.8) is 0 Å². The standard InChI is InChI=1S/C4H10N2O.C2H5NO/c1-4(7)5-6(2)3;1-2(3)4/h1-3H3,(H,5,7);1H3,(H2,3,4). The van der Waals surface area contributed by atoms with Gasteiger partial charge in [0, 0.05) is 27.9 Å². The fraction of sp³-hybridized carbons (Fsp3) is 0.667. The Hall–Kier alpha value is -1.10. The van der Waals surface area contributed by atoms with Gasteiger partial charge in [-0.05, 0) is 0 Å². The molecule has 2 amide bonds. The van der Waals surface area contributed by atoms with E-state index >= 15 is 0 Å². The van der Waals surface area contributed by atoms with Crippen LogP contribution in [0.4, 0.5) is 0 Å². The van der Waals surface area contributed by atoms with E-state index in [2.05, 4.69) is 11.2 Å². The van der Waals surface area contributed by atoms with Crippen LogP contribution in [0.5, 0.6) is 0 Å². The monoisotopic (exact) mass is 161 g/mol. The summed E-state index contributed by atoms with van der Waals surface area (Å²) in [5, 5.41) is 1.60. The molecule has 0 aromatic carbocycles. The predicted octanol–water partition coefficient (Wildman–Crippen LogP) is -0.909. The van der Waals surface area contributed by atoms with Gasteiger partial charge in [-0.3, -0.25) is 15.0 Å². The Bertz CT molecular complexity index is 130. The minimum absolute atomic E-state index is 0.0370. The third kappa shape index (κ3) is 50.4. The van der Waals surface area contributed by atoms with Crippen LogP contribution < -0.4 is 11.2 Å². The van der Waals surface area contributed by atoms with E-state index in [0.29, 0.717) is 0 Å². The maximum Gasteiger partial charge on any atom is 0.231 e. The first-order valence-corrected chi connectivity index (χ1v) is 3.06. The predicted molar refractivity (Wildman–Crippen MR) is 42.4 cm³/mol. The molecule has 0 bridgehead atoms. The minimum atomic E-state index is -0.333. The van der Waals surface area contributed by atoms with E-state index in [1.54, 1.807) is 19.1 Å². The fourth-order valence-corrected chi connectivity index (χ4v) is 0.315. The highest BCUT2D eigenvalue weighted by molar-refractivity contribution is 5.72. The Balaban J connectivity index is 0. The molecule has 0 aliphatic heterocycles. The number of amides is 2. The molecular formula is C6H15N3O2. The normalized spacial score (nSPS) is 8.09. The van der Waals surface area contributed by atoms with E-state index in [1.807, 2.05) is 0 Å². The van der Waals surface area contributed by atoms with Crippen molar-refractivity contribution in [3.05, 3.63) is 0 Å². The van der Waals surface area contributed by atoms with Crippen molar-refractivity contribution in [2.75, 3.05) is 14.1 Å². The van der Waals surface area contributed by atoms with Gasteiger partial charge in [0.1, 0.15) is 0 Å². The molecular weight excluding hydrogens is 146 g/mol. The number of rotatable bonds is 1. The molecule has 0 saturated heterocycles. The van der Waals surface area contributed by atoms with Crippen molar-refractivity contribution in [1.29, 1.82) is 0 Å². The molecule has 3 N–H and O–H groups in total. The molecule has 0 aliphatic rings. The first-order chi connectivity index (χ1) is 4.86. The lowest BCUT2D eigenvalue weighted by Crippen LogP contribution is -2.34. The first kappa shape index (κ1) is 12.6. The van der Waals surface area contributed by atoms with Gasteiger partial charge in [-0.2, -0.15) is 0 Å². The van der Waals surface area contributed by atoms with Crippen LogP contribution in [0.25, 0.3) is 0 Å². The Morgan fingerprint density at radius 1 is 1.27 bits per heavy atom. The largest absolute Gasteiger partial charge is 0.370 e. The second kappa shape index (κ2) is 7.01. The number of primary amides is 1. The highest BCUT2D eigenvalue weighted by Crippen LogP contribution is 1.61. The summed E-state index contributed by atoms with van der Waals surface area (Å²) in [7, 11) is 3.53. The number of nitrogens with one attached hydrogen (secondary N) is 1. The van der Waals surface area contributed by atoms with Crippen LogP contribution in [-0.4, -0.2) is 30.9 Å². The second-order valence-electron chi connectivity index (χ2n) is 2.17. The van der Waals surface area contributed by atoms with Gasteiger partial charge in [-0.1, -0.05) is 0 Å². The molecule has 0 unspecified atom stereocenters. The van der Waals surface area contributed by atoms with Gasteiger partial charge in [-0.15, -0.1) is 0 Å². The first-order valence-electron chi connectivity index (χ1n) is 3.06. The second-order valence-corrected chi connectivity index (χ2v) is 2.17. The van der Waals surface area contributed by atoms with Gasteiger partial charge in [0.2, 0.25) is 11.8 Å². The number of hydrazine groups is 1. The minimum Gasteiger partial charge on any atom is -0.370 e. The average molecular weight is 161 g/mol. The summed E-state index contributed by atoms with van der Waals surface area (Å²) < 4.78 is 0. The SMILES string of the molecule is CC(=O)NN(C)C.CC(N)=O. The van der Waals surface area contributed by atoms with Gasteiger partial charge in [0.25, 0.3) is 0 Å². The number of nitrogens with two attached hydrogens (primary N) is 1. The lowest BCUT2D eigenvalue weighted by molar-refractivity contribution is -0.122. The zero-order chi connectivity index (χ0) is 9.44. The van der Waals surface area contributed by atoms with Crippen LogP contribution in [-0.2, 0) is 9.59 Å². The van der Waals surface area contributed by atoms with E-state index < -0.39 is 0 Å². The topological polar surface area (TPSA) is 75.4 Å². The van der Waals surface area contributed by atoms with Crippen molar-refractivity contribution in [1.82, 2.24) is 10.4 Å². The molecule has 0 aromatic heterocycles. The summed E-state index contributed by atoms with van der Waals surface area (Å²) in [4.78, 5) is 19.3. The Kier molecular flexibility index (Phi) is 8.01. The van der Waals surface area contributed by atoms with Crippen LogP contribution in [0.15, 0.2) is 0 Å². The average Bonchev–Trinajstić information content (AvgIpc) is 1.56. The fourth-order valence-electron chi connectivity index (χ4n) is 0.315. The smallest absolute Gasteiger partial charge is 0.231 e. The molecule has 5 nitrogen and oxygen atoms in total. The van der Waals surface area contributed by atoms with Crippen molar-refractivity contribution >= 4 is 11.8 Å². The van der Waals surface area contributed by atoms with E-state index in [1.165, 1.54) is 13.8 Å². The molecule has 0 saturated carbocycles. The Morgan fingerprint density at radius 3 is 1.55 bits per heavy atom. The number of nitrogens with zero attached hydrogens (tertiary/aromatic N) is 1. The molecule has 0 fully saturated rings. The number of hydrogen-bond donors (Lipinski definition) is 2. The Morgan fingerprint density at radius 2 is 1.55 bits per heavy atom. The maximum atomic E-state index is 10.1. The maximum absolute atomic E-state index is 10.1. The lowest BCUT2D eigenvalue weighted by atomic mass is 10.7. The Labute approximate surface area is 66.5 Å². The quantitative estimate of drug-likeness (QED) is 0.489. The van der Waals surface area contributed by atoms with Gasteiger partial charge in [0.15, 0.2) is 0 Å². The zero-order valence-electron chi connectivity index (χ0n) is 7.34. The van der Waals surface area contributed by atoms with Crippen LogP contribution in [0.3, 0.4) is 0 Å². The van der Waals surface area contributed by atoms with Crippen LogP contribution >= 0.6 is 0 Å². The van der Waals surface area contributed by atoms with Crippen LogP contribution in [0.2, 0.25) is 0 Å². The molecule has 0 spiro atoms. The summed E-state index contributed by atoms with van der Waals surface area (Å²) in [5.74, 6) is -0.370. The van der Waals surface area contributed by atoms with Gasteiger partial charge < -0.3 is 5.73 Å². The zero-order valence-corrected chi connectivity index (χ0v) is 7.34. The van der Waals surface area contributed by atoms with E-state index in [-0.39, 0.29) is 11.8 Å². The third-order valence-electron chi connectivity index (χ3n) is 0.381. The van der Waals surface area contributed by atoms with E-state index in [0.717, 1.165) is 0 Å². The highest BCUT2D eigenvalue weighted by Gasteiger charge is 1.87. The summed E-state index contributed by atoms with van der Waals surface area (Å²) in [6, 6.07) is 0. The molecule has 0 radical (unpaired) electrons. The van der Waals surface area contributed by atoms with Crippen LogP contribution in [0.1, 0.15) is 13.8 Å². The summed E-state index contributed by atoms with van der Waals surface area (Å²) in [5.41, 5.74) is 6.97. The summed E-state index contributed by atoms with van der Waals surface area (Å²) in [6.07, 6.45) is 0. The molecule has 0 aliphatic carbocycles. The molecule has 0 heterocycles. The molecule has 66 valence electrons. The number of carbonyl (C=O) groups excluding carboxylic acids is 2. The lowest BCUT2D eigenvalue weighted by Gasteiger charge is -2.07. The van der Waals surface area contributed by atoms with Crippen molar-refractivity contribution in [2.24, 2.45) is 5.73 Å². The van der Waals surface area contributed by atoms with Gasteiger partial charge >= 0.3 is 0 Å². The number of hydrogen-bond acceptors (Lipinski definition) is 3. The van der Waals surface area contributed by atoms with Crippen molar-refractivity contribution in [2.45, 2.75) is 13.8 Å². The van der Waals surface area contributed by atoms with E-state index in [9.17, 15) is 9.59 Å². The third-order valence-corrected chi connectivity index (χ3v) is 0.381. The van der Waals surface area contributed by atoms with Gasteiger partial charge in [0.05, 0.1) is 0 Å². The number of carbonyl (C=O) groups is 2. The summed E-state index contributed by atoms with van der Waals surface area (Å²) >= 11 is 0. The summed E-state index contributed by atoms with van der Waals surface area (Å²) in [6.45, 7) is 2.78. The van der Waals surface area contributed by atoms with Crippen molar-refractivity contribution < 1.29 is 9.59 Å². The molecule has 0 rings (SSSR count). The molecule has 0 aromatic rings.